The molecular weight excluding hydrogens is 312 g/mol. The first-order valence-corrected chi connectivity index (χ1v) is 8.44. The average molecular weight is 326 g/mol. The fraction of sp³-hybridized carbons (Fsp3) is 0.167. The third-order valence-corrected chi connectivity index (χ3v) is 4.22. The zero-order valence-corrected chi connectivity index (χ0v) is 12.6. The minimum Gasteiger partial charge on any atom is -0.337 e. The molecular formula is C12H14N4O3S2. The van der Waals surface area contributed by atoms with Crippen LogP contribution in [0, 0.1) is 0 Å². The van der Waals surface area contributed by atoms with E-state index in [2.05, 4.69) is 15.6 Å². The van der Waals surface area contributed by atoms with Crippen molar-refractivity contribution in [2.75, 3.05) is 11.9 Å². The Morgan fingerprint density at radius 2 is 2.00 bits per heavy atom. The first kappa shape index (κ1) is 15.4. The summed E-state index contributed by atoms with van der Waals surface area (Å²) in [4.78, 5) is 15.5. The van der Waals surface area contributed by atoms with Gasteiger partial charge in [-0.3, -0.25) is 5.32 Å². The van der Waals surface area contributed by atoms with Gasteiger partial charge in [-0.15, -0.1) is 11.3 Å². The van der Waals surface area contributed by atoms with Crippen LogP contribution in [0.25, 0.3) is 0 Å². The fourth-order valence-corrected chi connectivity index (χ4v) is 2.63. The van der Waals surface area contributed by atoms with E-state index < -0.39 is 10.0 Å². The van der Waals surface area contributed by atoms with Crippen molar-refractivity contribution in [3.63, 3.8) is 0 Å². The molecule has 0 atom stereocenters. The van der Waals surface area contributed by atoms with Crippen LogP contribution in [-0.4, -0.2) is 26.0 Å². The lowest BCUT2D eigenvalue weighted by atomic mass is 10.1. The molecule has 0 aliphatic carbocycles. The summed E-state index contributed by atoms with van der Waals surface area (Å²) in [5.41, 5.74) is 0.900. The van der Waals surface area contributed by atoms with E-state index >= 15 is 0 Å². The van der Waals surface area contributed by atoms with Gasteiger partial charge < -0.3 is 5.32 Å². The lowest BCUT2D eigenvalue weighted by Gasteiger charge is -2.06. The van der Waals surface area contributed by atoms with E-state index in [0.29, 0.717) is 18.1 Å². The van der Waals surface area contributed by atoms with Crippen LogP contribution in [-0.2, 0) is 16.4 Å². The van der Waals surface area contributed by atoms with E-state index in [0.717, 1.165) is 5.56 Å². The van der Waals surface area contributed by atoms with Crippen molar-refractivity contribution in [2.45, 2.75) is 11.3 Å². The van der Waals surface area contributed by atoms with Gasteiger partial charge in [0.1, 0.15) is 0 Å². The molecule has 21 heavy (non-hydrogen) atoms. The molecule has 2 aromatic rings. The van der Waals surface area contributed by atoms with Crippen LogP contribution >= 0.6 is 11.3 Å². The second-order valence-electron chi connectivity index (χ2n) is 4.16. The van der Waals surface area contributed by atoms with E-state index in [1.54, 1.807) is 23.7 Å². The number of hydrogen-bond acceptors (Lipinski definition) is 5. The van der Waals surface area contributed by atoms with E-state index in [9.17, 15) is 13.2 Å². The number of benzene rings is 1. The number of carbonyl (C=O) groups is 1. The maximum absolute atomic E-state index is 11.5. The maximum Gasteiger partial charge on any atom is 0.321 e. The van der Waals surface area contributed by atoms with Crippen molar-refractivity contribution in [2.24, 2.45) is 5.14 Å². The van der Waals surface area contributed by atoms with E-state index in [1.807, 2.05) is 0 Å². The third-order valence-electron chi connectivity index (χ3n) is 2.60. The quantitative estimate of drug-likeness (QED) is 0.764. The molecule has 2 amide bonds. The Hall–Kier alpha value is -1.97. The predicted octanol–water partition coefficient (Wildman–Crippen LogP) is 1.15. The largest absolute Gasteiger partial charge is 0.337 e. The van der Waals surface area contributed by atoms with Crippen LogP contribution in [0.5, 0.6) is 0 Å². The number of nitrogens with one attached hydrogen (secondary N) is 2. The number of hydrogen-bond donors (Lipinski definition) is 3. The van der Waals surface area contributed by atoms with Crippen molar-refractivity contribution < 1.29 is 13.2 Å². The number of carbonyl (C=O) groups excluding carboxylic acids is 1. The molecule has 0 radical (unpaired) electrons. The first-order valence-electron chi connectivity index (χ1n) is 6.01. The number of sulfonamides is 1. The molecule has 112 valence electrons. The topological polar surface area (TPSA) is 114 Å². The van der Waals surface area contributed by atoms with Crippen molar-refractivity contribution in [3.8, 4) is 0 Å². The number of thiazole rings is 1. The van der Waals surface area contributed by atoms with Crippen LogP contribution in [0.4, 0.5) is 9.93 Å². The molecule has 0 saturated carbocycles. The predicted molar refractivity (Wildman–Crippen MR) is 80.7 cm³/mol. The molecule has 1 aromatic heterocycles. The highest BCUT2D eigenvalue weighted by Crippen LogP contribution is 2.10. The number of primary sulfonamides is 1. The van der Waals surface area contributed by atoms with Gasteiger partial charge in [0.2, 0.25) is 10.0 Å². The van der Waals surface area contributed by atoms with E-state index in [-0.39, 0.29) is 10.9 Å². The highest BCUT2D eigenvalue weighted by atomic mass is 32.2. The molecule has 0 saturated heterocycles. The number of urea groups is 1. The Kier molecular flexibility index (Phi) is 4.89. The van der Waals surface area contributed by atoms with Crippen LogP contribution in [0.3, 0.4) is 0 Å². The van der Waals surface area contributed by atoms with Gasteiger partial charge in [-0.2, -0.15) is 0 Å². The molecule has 0 unspecified atom stereocenters. The highest BCUT2D eigenvalue weighted by molar-refractivity contribution is 7.89. The van der Waals surface area contributed by atoms with Crippen LogP contribution in [0.1, 0.15) is 5.56 Å². The van der Waals surface area contributed by atoms with Crippen molar-refractivity contribution >= 4 is 32.5 Å². The molecule has 1 heterocycles. The summed E-state index contributed by atoms with van der Waals surface area (Å²) < 4.78 is 22.2. The molecule has 9 heteroatoms. The fourth-order valence-electron chi connectivity index (χ4n) is 1.59. The molecule has 0 spiro atoms. The second kappa shape index (κ2) is 6.66. The van der Waals surface area contributed by atoms with Gasteiger partial charge in [0.25, 0.3) is 0 Å². The Morgan fingerprint density at radius 1 is 1.29 bits per heavy atom. The van der Waals surface area contributed by atoms with Gasteiger partial charge in [-0.1, -0.05) is 12.1 Å². The smallest absolute Gasteiger partial charge is 0.321 e. The zero-order chi connectivity index (χ0) is 15.3. The standard InChI is InChI=1S/C12H14N4O3S2/c13-21(18,19)10-3-1-9(2-4-10)5-6-14-11(17)16-12-15-7-8-20-12/h1-4,7-8H,5-6H2,(H2,13,18,19)(H2,14,15,16,17). The SMILES string of the molecule is NS(=O)(=O)c1ccc(CCNC(=O)Nc2nccs2)cc1. The Morgan fingerprint density at radius 3 is 2.57 bits per heavy atom. The second-order valence-corrected chi connectivity index (χ2v) is 6.61. The number of nitrogens with zero attached hydrogens (tertiary/aromatic N) is 1. The van der Waals surface area contributed by atoms with E-state index in [4.69, 9.17) is 5.14 Å². The minimum atomic E-state index is -3.67. The first-order chi connectivity index (χ1) is 9.95. The Balaban J connectivity index is 1.79. The molecule has 0 fully saturated rings. The van der Waals surface area contributed by atoms with Gasteiger partial charge >= 0.3 is 6.03 Å². The Bertz CT molecular complexity index is 697. The molecule has 0 aliphatic heterocycles. The lowest BCUT2D eigenvalue weighted by Crippen LogP contribution is -2.30. The molecule has 2 rings (SSSR count). The normalized spacial score (nSPS) is 11.1. The van der Waals surface area contributed by atoms with Crippen molar-refractivity contribution in [3.05, 3.63) is 41.4 Å². The highest BCUT2D eigenvalue weighted by Gasteiger charge is 2.07. The molecule has 7 nitrogen and oxygen atoms in total. The number of aromatic nitrogens is 1. The lowest BCUT2D eigenvalue weighted by molar-refractivity contribution is 0.252. The minimum absolute atomic E-state index is 0.0701. The number of anilines is 1. The van der Waals surface area contributed by atoms with Crippen molar-refractivity contribution in [1.29, 1.82) is 0 Å². The van der Waals surface area contributed by atoms with Crippen molar-refractivity contribution in [1.82, 2.24) is 10.3 Å². The summed E-state index contributed by atoms with van der Waals surface area (Å²) in [7, 11) is -3.67. The van der Waals surface area contributed by atoms with Crippen LogP contribution in [0.15, 0.2) is 40.7 Å². The molecule has 0 aliphatic rings. The number of amides is 2. The molecule has 4 N–H and O–H groups in total. The zero-order valence-electron chi connectivity index (χ0n) is 10.9. The van der Waals surface area contributed by atoms with Gasteiger partial charge in [0.15, 0.2) is 5.13 Å². The van der Waals surface area contributed by atoms with Gasteiger partial charge in [0.05, 0.1) is 4.90 Å². The van der Waals surface area contributed by atoms with Gasteiger partial charge in [-0.05, 0) is 24.1 Å². The van der Waals surface area contributed by atoms with Crippen LogP contribution in [0.2, 0.25) is 0 Å². The molecule has 0 bridgehead atoms. The number of rotatable bonds is 5. The van der Waals surface area contributed by atoms with E-state index in [1.165, 1.54) is 23.5 Å². The summed E-state index contributed by atoms with van der Waals surface area (Å²) >= 11 is 1.33. The summed E-state index contributed by atoms with van der Waals surface area (Å²) in [5.74, 6) is 0. The average Bonchev–Trinajstić information content (AvgIpc) is 2.91. The van der Waals surface area contributed by atoms with Gasteiger partial charge in [0, 0.05) is 18.1 Å². The summed E-state index contributed by atoms with van der Waals surface area (Å²) in [6, 6.07) is 5.90. The molecule has 1 aromatic carbocycles. The van der Waals surface area contributed by atoms with Gasteiger partial charge in [-0.25, -0.2) is 23.3 Å². The Labute approximate surface area is 126 Å². The van der Waals surface area contributed by atoms with Crippen LogP contribution < -0.4 is 15.8 Å². The summed E-state index contributed by atoms with van der Waals surface area (Å²) in [6.07, 6.45) is 2.18. The summed E-state index contributed by atoms with van der Waals surface area (Å²) in [5, 5.41) is 12.6. The maximum atomic E-state index is 11.5. The monoisotopic (exact) mass is 326 g/mol. The third kappa shape index (κ3) is 4.81. The number of nitrogens with two attached hydrogens (primary N) is 1. The summed E-state index contributed by atoms with van der Waals surface area (Å²) in [6.45, 7) is 0.423.